The molecular formula is C44H40Cl4N2O2. The van der Waals surface area contributed by atoms with Crippen LogP contribution in [0.1, 0.15) is 63.1 Å². The molecule has 0 saturated heterocycles. The highest BCUT2D eigenvalue weighted by Crippen LogP contribution is 2.53. The van der Waals surface area contributed by atoms with E-state index >= 15 is 0 Å². The Morgan fingerprint density at radius 1 is 0.558 bits per heavy atom. The fourth-order valence-corrected chi connectivity index (χ4v) is 7.58. The Balaban J connectivity index is 1.74. The molecule has 8 heteroatoms. The number of hydrogen-bond donors (Lipinski definition) is 0. The summed E-state index contributed by atoms with van der Waals surface area (Å²) in [6.07, 6.45) is 5.72. The van der Waals surface area contributed by atoms with E-state index in [9.17, 15) is 4.79 Å². The van der Waals surface area contributed by atoms with E-state index in [0.29, 0.717) is 5.56 Å². The smallest absolute Gasteiger partial charge is 0.341 e. The van der Waals surface area contributed by atoms with Crippen LogP contribution in [-0.4, -0.2) is 34.2 Å². The highest BCUT2D eigenvalue weighted by atomic mass is 35.5. The maximum Gasteiger partial charge on any atom is 0.341 e. The minimum atomic E-state index is -1.57. The summed E-state index contributed by atoms with van der Waals surface area (Å²) in [5.74, 6) is -0.653. The van der Waals surface area contributed by atoms with Gasteiger partial charge in [0.1, 0.15) is 0 Å². The zero-order valence-corrected chi connectivity index (χ0v) is 33.1. The summed E-state index contributed by atoms with van der Waals surface area (Å²) in [6, 6.07) is 33.3. The van der Waals surface area contributed by atoms with Gasteiger partial charge in [0.2, 0.25) is 0 Å². The van der Waals surface area contributed by atoms with E-state index in [0.717, 1.165) is 57.6 Å². The molecule has 0 N–H and O–H groups in total. The predicted octanol–water partition coefficient (Wildman–Crippen LogP) is 12.2. The number of benzene rings is 5. The Bertz CT molecular complexity index is 2060. The molecule has 1 aliphatic rings. The fraction of sp³-hybridized carbons (Fsp3) is 0.205. The van der Waals surface area contributed by atoms with Crippen molar-refractivity contribution in [1.29, 1.82) is 0 Å². The van der Waals surface area contributed by atoms with Crippen LogP contribution in [-0.2, 0) is 23.2 Å². The van der Waals surface area contributed by atoms with Crippen molar-refractivity contribution >= 4 is 74.9 Å². The summed E-state index contributed by atoms with van der Waals surface area (Å²) in [5.41, 5.74) is 8.69. The number of rotatable bonds is 10. The lowest BCUT2D eigenvalue weighted by Gasteiger charge is -2.27. The normalized spacial score (nSPS) is 15.8. The second-order valence-electron chi connectivity index (χ2n) is 13.3. The van der Waals surface area contributed by atoms with Gasteiger partial charge in [0.05, 0.1) is 25.7 Å². The molecule has 1 aliphatic heterocycles. The maximum absolute atomic E-state index is 14.1. The number of nitrogens with zero attached hydrogens (tertiary/aromatic N) is 2. The van der Waals surface area contributed by atoms with E-state index in [1.54, 1.807) is 0 Å². The van der Waals surface area contributed by atoms with Gasteiger partial charge in [-0.25, -0.2) is 4.79 Å². The second-order valence-corrected chi connectivity index (χ2v) is 14.8. The van der Waals surface area contributed by atoms with Crippen LogP contribution in [0.3, 0.4) is 0 Å². The molecule has 4 nitrogen and oxygen atoms in total. The van der Waals surface area contributed by atoms with E-state index in [-0.39, 0.29) is 25.7 Å². The Kier molecular flexibility index (Phi) is 11.1. The molecule has 0 radical (unpaired) electrons. The second kappa shape index (κ2) is 15.4. The molecular weight excluding hydrogens is 730 g/mol. The van der Waals surface area contributed by atoms with Gasteiger partial charge in [-0.15, -0.1) is 0 Å². The Hall–Kier alpha value is -4.19. The summed E-state index contributed by atoms with van der Waals surface area (Å²) in [4.78, 5) is 18.2. The first-order chi connectivity index (χ1) is 24.9. The van der Waals surface area contributed by atoms with Gasteiger partial charge in [-0.05, 0) is 93.8 Å². The first-order valence-electron chi connectivity index (χ1n) is 17.2. The number of halogens is 4. The van der Waals surface area contributed by atoms with Gasteiger partial charge in [0, 0.05) is 45.1 Å². The van der Waals surface area contributed by atoms with Crippen molar-refractivity contribution in [2.75, 3.05) is 38.0 Å². The Morgan fingerprint density at radius 3 is 1.25 bits per heavy atom. The minimum absolute atomic E-state index is 0.00269. The average Bonchev–Trinajstić information content (AvgIpc) is 3.45. The SMILES string of the molecule is CCc1ccc(C(=CC2(C=C(c3ccc(CC)cc3)c3ccc(N(C)C)cc3)OC(=O)c3c(Cl)c(Cl)c(Cl)c(Cl)c32)c2ccc(N(C)C)cc2)cc1. The van der Waals surface area contributed by atoms with E-state index in [2.05, 4.69) is 111 Å². The number of carbonyl (C=O) groups excluding carboxylic acids is 1. The summed E-state index contributed by atoms with van der Waals surface area (Å²) < 4.78 is 6.56. The highest BCUT2D eigenvalue weighted by Gasteiger charge is 2.48. The highest BCUT2D eigenvalue weighted by molar-refractivity contribution is 6.53. The van der Waals surface area contributed by atoms with Gasteiger partial charge in [0.15, 0.2) is 5.60 Å². The monoisotopic (exact) mass is 768 g/mol. The topological polar surface area (TPSA) is 32.8 Å². The largest absolute Gasteiger partial charge is 0.442 e. The number of esters is 1. The summed E-state index contributed by atoms with van der Waals surface area (Å²) in [7, 11) is 8.02. The van der Waals surface area contributed by atoms with Gasteiger partial charge in [-0.3, -0.25) is 0 Å². The molecule has 1 heterocycles. The van der Waals surface area contributed by atoms with Crippen LogP contribution in [0, 0.1) is 0 Å². The first kappa shape index (κ1) is 37.6. The van der Waals surface area contributed by atoms with Crippen LogP contribution in [0.5, 0.6) is 0 Å². The molecule has 0 spiro atoms. The third kappa shape index (κ3) is 7.23. The van der Waals surface area contributed by atoms with Crippen molar-refractivity contribution in [3.05, 3.63) is 174 Å². The lowest BCUT2D eigenvalue weighted by molar-refractivity contribution is 0.0300. The van der Waals surface area contributed by atoms with Crippen LogP contribution < -0.4 is 9.80 Å². The van der Waals surface area contributed by atoms with Gasteiger partial charge in [0.25, 0.3) is 0 Å². The molecule has 0 fully saturated rings. The summed E-state index contributed by atoms with van der Waals surface area (Å²) in [6.45, 7) is 4.25. The quantitative estimate of drug-likeness (QED) is 0.0804. The third-order valence-electron chi connectivity index (χ3n) is 9.58. The molecule has 52 heavy (non-hydrogen) atoms. The van der Waals surface area contributed by atoms with Crippen molar-refractivity contribution in [1.82, 2.24) is 0 Å². The molecule has 266 valence electrons. The lowest BCUT2D eigenvalue weighted by Crippen LogP contribution is -2.23. The zero-order chi connectivity index (χ0) is 37.3. The molecule has 0 saturated carbocycles. The van der Waals surface area contributed by atoms with Crippen molar-refractivity contribution in [2.24, 2.45) is 0 Å². The Labute approximate surface area is 326 Å². The number of fused-ring (bicyclic) bond motifs is 1. The lowest BCUT2D eigenvalue weighted by atomic mass is 9.82. The van der Waals surface area contributed by atoms with Gasteiger partial charge in [-0.1, -0.05) is 133 Å². The van der Waals surface area contributed by atoms with Crippen LogP contribution in [0.15, 0.2) is 109 Å². The van der Waals surface area contributed by atoms with E-state index in [1.807, 2.05) is 50.1 Å². The van der Waals surface area contributed by atoms with E-state index in [1.165, 1.54) is 11.1 Å². The zero-order valence-electron chi connectivity index (χ0n) is 30.0. The number of hydrogen-bond acceptors (Lipinski definition) is 4. The van der Waals surface area contributed by atoms with Gasteiger partial charge >= 0.3 is 5.97 Å². The molecule has 0 atom stereocenters. The molecule has 0 aromatic heterocycles. The molecule has 0 aliphatic carbocycles. The minimum Gasteiger partial charge on any atom is -0.442 e. The molecule has 0 bridgehead atoms. The van der Waals surface area contributed by atoms with Crippen LogP contribution >= 0.6 is 46.4 Å². The summed E-state index contributed by atoms with van der Waals surface area (Å²) in [5, 5.41) is 0.131. The first-order valence-corrected chi connectivity index (χ1v) is 18.7. The van der Waals surface area contributed by atoms with Crippen molar-refractivity contribution < 1.29 is 9.53 Å². The average molecular weight is 771 g/mol. The van der Waals surface area contributed by atoms with E-state index in [4.69, 9.17) is 51.1 Å². The van der Waals surface area contributed by atoms with Gasteiger partial charge < -0.3 is 14.5 Å². The number of aryl methyl sites for hydroxylation is 2. The maximum atomic E-state index is 14.1. The van der Waals surface area contributed by atoms with Crippen LogP contribution in [0.2, 0.25) is 20.1 Å². The molecule has 5 aromatic rings. The standard InChI is InChI=1S/C44H40Cl4N2O2/c1-7-27-9-13-29(14-10-27)35(31-17-21-33(22-18-31)49(3)4)25-44(38-37(43(51)52-44)39(45)41(47)42(48)40(38)46)26-36(30-15-11-28(8-2)12-16-30)32-19-23-34(24-20-32)50(5)6/h9-26H,7-8H2,1-6H3. The molecule has 5 aromatic carbocycles. The van der Waals surface area contributed by atoms with Gasteiger partial charge in [-0.2, -0.15) is 0 Å². The fourth-order valence-electron chi connectivity index (χ4n) is 6.50. The molecule has 0 unspecified atom stereocenters. The van der Waals surface area contributed by atoms with Crippen LogP contribution in [0.4, 0.5) is 11.4 Å². The third-order valence-corrected chi connectivity index (χ3v) is 11.4. The van der Waals surface area contributed by atoms with E-state index < -0.39 is 11.6 Å². The molecule has 0 amide bonds. The van der Waals surface area contributed by atoms with Crippen molar-refractivity contribution in [3.63, 3.8) is 0 Å². The van der Waals surface area contributed by atoms with Crippen LogP contribution in [0.25, 0.3) is 11.1 Å². The van der Waals surface area contributed by atoms with Crippen molar-refractivity contribution in [2.45, 2.75) is 32.3 Å². The number of anilines is 2. The van der Waals surface area contributed by atoms with Crippen molar-refractivity contribution in [3.8, 4) is 0 Å². The predicted molar refractivity (Wildman–Crippen MR) is 221 cm³/mol. The number of cyclic esters (lactones) is 1. The Morgan fingerprint density at radius 2 is 0.904 bits per heavy atom. The molecule has 6 rings (SSSR count). The summed E-state index contributed by atoms with van der Waals surface area (Å²) >= 11 is 27.3. The number of ether oxygens (including phenoxy) is 1. The number of carbonyl (C=O) groups is 1.